The van der Waals surface area contributed by atoms with Crippen molar-refractivity contribution in [2.45, 2.75) is 39.3 Å². The maximum atomic E-state index is 11.5. The highest BCUT2D eigenvalue weighted by Crippen LogP contribution is 2.34. The van der Waals surface area contributed by atoms with Gasteiger partial charge < -0.3 is 14.4 Å². The molecule has 2 rings (SSSR count). The largest absolute Gasteiger partial charge is 0.481 e. The molecule has 2 heterocycles. The van der Waals surface area contributed by atoms with E-state index in [9.17, 15) is 9.90 Å². The molecule has 1 fully saturated rings. The van der Waals surface area contributed by atoms with Gasteiger partial charge in [-0.25, -0.2) is 0 Å². The molecule has 112 valence electrons. The summed E-state index contributed by atoms with van der Waals surface area (Å²) in [7, 11) is 1.61. The Morgan fingerprint density at radius 3 is 3.10 bits per heavy atom. The van der Waals surface area contributed by atoms with Gasteiger partial charge in [0.1, 0.15) is 6.61 Å². The second kappa shape index (κ2) is 6.37. The molecule has 0 saturated carbocycles. The molecule has 0 radical (unpaired) electrons. The van der Waals surface area contributed by atoms with Crippen molar-refractivity contribution in [3.05, 3.63) is 17.5 Å². The summed E-state index contributed by atoms with van der Waals surface area (Å²) in [5.41, 5.74) is 0.214. The Labute approximate surface area is 118 Å². The molecule has 1 unspecified atom stereocenters. The molecule has 1 N–H and O–H groups in total. The molecule has 1 aromatic rings. The van der Waals surface area contributed by atoms with Gasteiger partial charge in [-0.15, -0.1) is 0 Å². The molecule has 1 aromatic heterocycles. The van der Waals surface area contributed by atoms with Crippen LogP contribution >= 0.6 is 0 Å². The van der Waals surface area contributed by atoms with Gasteiger partial charge >= 0.3 is 5.97 Å². The molecule has 1 saturated heterocycles. The Balaban J connectivity index is 2.00. The van der Waals surface area contributed by atoms with Gasteiger partial charge in [0.25, 0.3) is 0 Å². The van der Waals surface area contributed by atoms with E-state index in [1.54, 1.807) is 7.11 Å². The van der Waals surface area contributed by atoms with Gasteiger partial charge in [-0.05, 0) is 25.8 Å². The van der Waals surface area contributed by atoms with E-state index in [2.05, 4.69) is 10.1 Å². The van der Waals surface area contributed by atoms with E-state index < -0.39 is 11.4 Å². The first-order valence-electron chi connectivity index (χ1n) is 6.99. The molecule has 20 heavy (non-hydrogen) atoms. The summed E-state index contributed by atoms with van der Waals surface area (Å²) in [6.07, 6.45) is 2.32. The Morgan fingerprint density at radius 1 is 1.65 bits per heavy atom. The van der Waals surface area contributed by atoms with E-state index in [0.29, 0.717) is 31.9 Å². The third-order valence-corrected chi connectivity index (χ3v) is 4.07. The lowest BCUT2D eigenvalue weighted by Gasteiger charge is -2.39. The Morgan fingerprint density at radius 2 is 2.45 bits per heavy atom. The quantitative estimate of drug-likeness (QED) is 0.858. The highest BCUT2D eigenvalue weighted by atomic mass is 16.5. The number of rotatable bonds is 6. The Bertz CT molecular complexity index is 460. The molecule has 0 aliphatic carbocycles. The van der Waals surface area contributed by atoms with Crippen molar-refractivity contribution in [2.24, 2.45) is 5.41 Å². The molecular weight excluding hydrogens is 260 g/mol. The number of methoxy groups -OCH3 is 1. The van der Waals surface area contributed by atoms with E-state index in [1.165, 1.54) is 0 Å². The fourth-order valence-electron chi connectivity index (χ4n) is 2.85. The van der Waals surface area contributed by atoms with E-state index in [4.69, 9.17) is 9.26 Å². The van der Waals surface area contributed by atoms with Crippen molar-refractivity contribution in [2.75, 3.05) is 20.2 Å². The molecule has 1 aliphatic rings. The summed E-state index contributed by atoms with van der Waals surface area (Å²) in [5.74, 6) is 0.00410. The summed E-state index contributed by atoms with van der Waals surface area (Å²) in [6, 6.07) is 1.87. The van der Waals surface area contributed by atoms with Gasteiger partial charge in [0.15, 0.2) is 5.76 Å². The van der Waals surface area contributed by atoms with Crippen LogP contribution in [0.5, 0.6) is 0 Å². The number of carboxylic acids is 1. The lowest BCUT2D eigenvalue weighted by molar-refractivity contribution is -0.153. The Hall–Kier alpha value is -1.40. The maximum Gasteiger partial charge on any atom is 0.310 e. The van der Waals surface area contributed by atoms with Crippen LogP contribution in [0.4, 0.5) is 0 Å². The number of aliphatic carboxylic acids is 1. The second-order valence-electron chi connectivity index (χ2n) is 5.47. The van der Waals surface area contributed by atoms with Crippen molar-refractivity contribution in [1.82, 2.24) is 10.1 Å². The molecule has 0 amide bonds. The smallest absolute Gasteiger partial charge is 0.310 e. The van der Waals surface area contributed by atoms with Crippen LogP contribution in [0.25, 0.3) is 0 Å². The molecule has 0 spiro atoms. The SMILES string of the molecule is CCC1(C(=O)O)CCCN(Cc2cc(COC)on2)C1. The van der Waals surface area contributed by atoms with Gasteiger partial charge in [0.2, 0.25) is 0 Å². The van der Waals surface area contributed by atoms with Crippen LogP contribution in [0.1, 0.15) is 37.6 Å². The van der Waals surface area contributed by atoms with Crippen LogP contribution in [0.3, 0.4) is 0 Å². The first-order valence-corrected chi connectivity index (χ1v) is 6.99. The molecule has 1 aliphatic heterocycles. The number of hydrogen-bond acceptors (Lipinski definition) is 5. The molecule has 6 nitrogen and oxygen atoms in total. The number of nitrogens with zero attached hydrogens (tertiary/aromatic N) is 2. The van der Waals surface area contributed by atoms with Gasteiger partial charge in [-0.1, -0.05) is 12.1 Å². The molecule has 1 atom stereocenters. The third kappa shape index (κ3) is 3.19. The average molecular weight is 282 g/mol. The minimum Gasteiger partial charge on any atom is -0.481 e. The van der Waals surface area contributed by atoms with Gasteiger partial charge in [-0.3, -0.25) is 9.69 Å². The predicted octanol–water partition coefficient (Wildman–Crippen LogP) is 1.90. The summed E-state index contributed by atoms with van der Waals surface area (Å²) >= 11 is 0. The number of likely N-dealkylation sites (tertiary alicyclic amines) is 1. The predicted molar refractivity (Wildman–Crippen MR) is 72.1 cm³/mol. The highest BCUT2D eigenvalue weighted by molar-refractivity contribution is 5.75. The van der Waals surface area contributed by atoms with E-state index in [0.717, 1.165) is 25.1 Å². The highest BCUT2D eigenvalue weighted by Gasteiger charge is 2.40. The lowest BCUT2D eigenvalue weighted by atomic mass is 9.77. The first kappa shape index (κ1) is 15.0. The zero-order valence-corrected chi connectivity index (χ0v) is 12.1. The molecule has 6 heteroatoms. The number of aromatic nitrogens is 1. The number of carbonyl (C=O) groups is 1. The fraction of sp³-hybridized carbons (Fsp3) is 0.714. The maximum absolute atomic E-state index is 11.5. The number of hydrogen-bond donors (Lipinski definition) is 1. The van der Waals surface area contributed by atoms with Gasteiger partial charge in [0.05, 0.1) is 11.1 Å². The first-order chi connectivity index (χ1) is 9.59. The van der Waals surface area contributed by atoms with Crippen LogP contribution in [-0.4, -0.2) is 41.3 Å². The minimum atomic E-state index is -0.690. The number of piperidine rings is 1. The number of carboxylic acid groups (broad SMARTS) is 1. The van der Waals surface area contributed by atoms with E-state index >= 15 is 0 Å². The van der Waals surface area contributed by atoms with Gasteiger partial charge in [-0.2, -0.15) is 0 Å². The molecule has 0 aromatic carbocycles. The van der Waals surface area contributed by atoms with Gasteiger partial charge in [0, 0.05) is 26.3 Å². The van der Waals surface area contributed by atoms with Crippen LogP contribution < -0.4 is 0 Å². The summed E-state index contributed by atoms with van der Waals surface area (Å²) < 4.78 is 10.1. The average Bonchev–Trinajstić information content (AvgIpc) is 2.86. The monoisotopic (exact) mass is 282 g/mol. The van der Waals surface area contributed by atoms with E-state index in [-0.39, 0.29) is 0 Å². The minimum absolute atomic E-state index is 0.404. The second-order valence-corrected chi connectivity index (χ2v) is 5.47. The van der Waals surface area contributed by atoms with Crippen molar-refractivity contribution in [3.8, 4) is 0 Å². The number of ether oxygens (including phenoxy) is 1. The van der Waals surface area contributed by atoms with Crippen LogP contribution in [0, 0.1) is 5.41 Å². The van der Waals surface area contributed by atoms with Crippen molar-refractivity contribution in [3.63, 3.8) is 0 Å². The Kier molecular flexibility index (Phi) is 4.77. The summed E-state index contributed by atoms with van der Waals surface area (Å²) in [4.78, 5) is 13.7. The topological polar surface area (TPSA) is 75.8 Å². The molecule has 0 bridgehead atoms. The van der Waals surface area contributed by atoms with Crippen molar-refractivity contribution < 1.29 is 19.2 Å². The van der Waals surface area contributed by atoms with Crippen LogP contribution in [-0.2, 0) is 22.7 Å². The van der Waals surface area contributed by atoms with E-state index in [1.807, 2.05) is 13.0 Å². The standard InChI is InChI=1S/C14H22N2O4/c1-3-14(13(17)18)5-4-6-16(10-14)8-11-7-12(9-19-2)20-15-11/h7H,3-6,8-10H2,1-2H3,(H,17,18). The van der Waals surface area contributed by atoms with Crippen LogP contribution in [0.2, 0.25) is 0 Å². The summed E-state index contributed by atoms with van der Waals surface area (Å²) in [6.45, 7) is 4.46. The normalized spacial score (nSPS) is 23.9. The lowest BCUT2D eigenvalue weighted by Crippen LogP contribution is -2.47. The zero-order valence-electron chi connectivity index (χ0n) is 12.1. The third-order valence-electron chi connectivity index (χ3n) is 4.07. The molecular formula is C14H22N2O4. The van der Waals surface area contributed by atoms with Crippen LogP contribution in [0.15, 0.2) is 10.6 Å². The van der Waals surface area contributed by atoms with Crippen molar-refractivity contribution >= 4 is 5.97 Å². The zero-order chi connectivity index (χ0) is 14.6. The summed E-state index contributed by atoms with van der Waals surface area (Å²) in [5, 5.41) is 13.5. The fourth-order valence-corrected chi connectivity index (χ4v) is 2.85. The van der Waals surface area contributed by atoms with Crippen molar-refractivity contribution in [1.29, 1.82) is 0 Å².